The predicted octanol–water partition coefficient (Wildman–Crippen LogP) is 4.37. The molecule has 0 radical (unpaired) electrons. The Balaban J connectivity index is 1.58. The molecule has 0 unspecified atom stereocenters. The number of hydrogen-bond acceptors (Lipinski definition) is 3. The summed E-state index contributed by atoms with van der Waals surface area (Å²) in [7, 11) is -3.64. The number of nitrogens with one attached hydrogen (secondary N) is 1. The quantitative estimate of drug-likeness (QED) is 0.648. The molecule has 0 fully saturated rings. The highest BCUT2D eigenvalue weighted by Gasteiger charge is 2.31. The van der Waals surface area contributed by atoms with E-state index in [0.29, 0.717) is 16.0 Å². The lowest BCUT2D eigenvalue weighted by molar-refractivity contribution is 0.0981. The number of aryl methyl sites for hydroxylation is 2. The number of carbonyl (C=O) groups is 1. The van der Waals surface area contributed by atoms with Crippen LogP contribution in [0.2, 0.25) is 0 Å². The third kappa shape index (κ3) is 4.27. The van der Waals surface area contributed by atoms with E-state index in [9.17, 15) is 13.2 Å². The van der Waals surface area contributed by atoms with Gasteiger partial charge in [0.25, 0.3) is 5.91 Å². The van der Waals surface area contributed by atoms with E-state index in [1.165, 1.54) is 0 Å². The molecule has 1 heterocycles. The van der Waals surface area contributed by atoms with Gasteiger partial charge in [-0.15, -0.1) is 0 Å². The molecule has 0 bridgehead atoms. The number of hydrogen-bond donors (Lipinski definition) is 1. The van der Waals surface area contributed by atoms with Gasteiger partial charge < -0.3 is 4.90 Å². The summed E-state index contributed by atoms with van der Waals surface area (Å²) in [6, 6.07) is 20.5. The summed E-state index contributed by atoms with van der Waals surface area (Å²) in [5, 5.41) is 0. The number of benzene rings is 3. The van der Waals surface area contributed by atoms with Crippen molar-refractivity contribution in [2.24, 2.45) is 0 Å². The van der Waals surface area contributed by atoms with Crippen molar-refractivity contribution in [3.05, 3.63) is 94.5 Å². The van der Waals surface area contributed by atoms with E-state index >= 15 is 0 Å². The first kappa shape index (κ1) is 21.3. The largest absolute Gasteiger partial charge is 0.305 e. The van der Waals surface area contributed by atoms with Crippen molar-refractivity contribution in [1.29, 1.82) is 0 Å². The zero-order valence-corrected chi connectivity index (χ0v) is 18.7. The van der Waals surface area contributed by atoms with Crippen LogP contribution in [-0.4, -0.2) is 20.4 Å². The second-order valence-electron chi connectivity index (χ2n) is 8.15. The first-order valence-electron chi connectivity index (χ1n) is 10.3. The first-order chi connectivity index (χ1) is 14.8. The van der Waals surface area contributed by atoms with Gasteiger partial charge in [0.15, 0.2) is 0 Å². The second-order valence-corrected chi connectivity index (χ2v) is 9.89. The molecule has 1 aliphatic rings. The third-order valence-corrected chi connectivity index (χ3v) is 7.25. The van der Waals surface area contributed by atoms with E-state index in [-0.39, 0.29) is 18.5 Å². The minimum absolute atomic E-state index is 0.0417. The minimum atomic E-state index is -3.64. The molecule has 0 spiro atoms. The second kappa shape index (κ2) is 8.29. The average molecular weight is 435 g/mol. The van der Waals surface area contributed by atoms with Gasteiger partial charge in [0.1, 0.15) is 0 Å². The van der Waals surface area contributed by atoms with Gasteiger partial charge in [-0.1, -0.05) is 42.5 Å². The molecule has 5 nitrogen and oxygen atoms in total. The molecule has 1 atom stereocenters. The number of amides is 1. The number of carbonyl (C=O) groups excluding carboxylic acids is 1. The van der Waals surface area contributed by atoms with Crippen LogP contribution in [0.15, 0.2) is 71.6 Å². The normalized spacial score (nSPS) is 15.7. The topological polar surface area (TPSA) is 66.5 Å². The average Bonchev–Trinajstić information content (AvgIpc) is 3.09. The zero-order valence-electron chi connectivity index (χ0n) is 17.9. The summed E-state index contributed by atoms with van der Waals surface area (Å²) >= 11 is 0. The fourth-order valence-electron chi connectivity index (χ4n) is 4.05. The van der Waals surface area contributed by atoms with Crippen LogP contribution >= 0.6 is 0 Å². The number of sulfonamides is 1. The Kier molecular flexibility index (Phi) is 5.69. The van der Waals surface area contributed by atoms with Crippen LogP contribution < -0.4 is 9.62 Å². The maximum atomic E-state index is 13.1. The molecule has 3 aromatic rings. The van der Waals surface area contributed by atoms with Gasteiger partial charge in [0.2, 0.25) is 10.0 Å². The summed E-state index contributed by atoms with van der Waals surface area (Å²) < 4.78 is 28.4. The van der Waals surface area contributed by atoms with E-state index < -0.39 is 10.0 Å². The molecule has 31 heavy (non-hydrogen) atoms. The van der Waals surface area contributed by atoms with Gasteiger partial charge in [0, 0.05) is 23.8 Å². The SMILES string of the molecule is Cc1ccc(C)c(S(=O)(=O)NCc2ccc3c(c2)N(C(=O)c2ccccc2)[C@H](C)C3)c1. The summed E-state index contributed by atoms with van der Waals surface area (Å²) in [6.07, 6.45) is 0.780. The fourth-order valence-corrected chi connectivity index (χ4v) is 5.39. The summed E-state index contributed by atoms with van der Waals surface area (Å²) in [5.74, 6) is -0.0417. The predicted molar refractivity (Wildman–Crippen MR) is 123 cm³/mol. The number of nitrogens with zero attached hydrogens (tertiary/aromatic N) is 1. The Morgan fingerprint density at radius 2 is 1.77 bits per heavy atom. The molecule has 0 saturated carbocycles. The molecular weight excluding hydrogens is 408 g/mol. The molecule has 3 aromatic carbocycles. The molecule has 0 aromatic heterocycles. The summed E-state index contributed by atoms with van der Waals surface area (Å²) in [4.78, 5) is 15.2. The van der Waals surface area contributed by atoms with Crippen molar-refractivity contribution in [1.82, 2.24) is 4.72 Å². The molecule has 6 heteroatoms. The molecular formula is C25H26N2O3S. The molecule has 1 amide bonds. The van der Waals surface area contributed by atoms with Crippen LogP contribution in [0.5, 0.6) is 0 Å². The van der Waals surface area contributed by atoms with Gasteiger partial charge in [-0.05, 0) is 73.7 Å². The lowest BCUT2D eigenvalue weighted by Crippen LogP contribution is -2.35. The molecule has 0 aliphatic carbocycles. The number of rotatable bonds is 5. The number of anilines is 1. The van der Waals surface area contributed by atoms with Crippen molar-refractivity contribution < 1.29 is 13.2 Å². The van der Waals surface area contributed by atoms with Gasteiger partial charge in [-0.25, -0.2) is 13.1 Å². The van der Waals surface area contributed by atoms with Gasteiger partial charge in [-0.2, -0.15) is 0 Å². The maximum absolute atomic E-state index is 13.1. The molecule has 1 aliphatic heterocycles. The Bertz CT molecular complexity index is 1240. The van der Waals surface area contributed by atoms with Crippen LogP contribution in [-0.2, 0) is 23.0 Å². The third-order valence-electron chi connectivity index (χ3n) is 5.70. The number of fused-ring (bicyclic) bond motifs is 1. The molecule has 160 valence electrons. The van der Waals surface area contributed by atoms with Crippen molar-refractivity contribution in [3.63, 3.8) is 0 Å². The van der Waals surface area contributed by atoms with Crippen molar-refractivity contribution >= 4 is 21.6 Å². The van der Waals surface area contributed by atoms with Crippen LogP contribution in [0, 0.1) is 13.8 Å². The molecule has 0 saturated heterocycles. The van der Waals surface area contributed by atoms with Gasteiger partial charge in [-0.3, -0.25) is 4.79 Å². The highest BCUT2D eigenvalue weighted by molar-refractivity contribution is 7.89. The minimum Gasteiger partial charge on any atom is -0.305 e. The Labute approximate surface area is 183 Å². The van der Waals surface area contributed by atoms with Crippen LogP contribution in [0.1, 0.15) is 39.5 Å². The van der Waals surface area contributed by atoms with Crippen molar-refractivity contribution in [2.45, 2.75) is 44.7 Å². The lowest BCUT2D eigenvalue weighted by atomic mass is 10.1. The maximum Gasteiger partial charge on any atom is 0.258 e. The standard InChI is InChI=1S/C25H26N2O3S/c1-17-9-10-18(2)24(13-17)31(29,30)26-16-20-11-12-22-14-19(3)27(23(22)15-20)25(28)21-7-5-4-6-8-21/h4-13,15,19,26H,14,16H2,1-3H3/t19-/m1/s1. The van der Waals surface area contributed by atoms with E-state index in [1.807, 2.05) is 79.4 Å². The van der Waals surface area contributed by atoms with Gasteiger partial charge in [0.05, 0.1) is 4.90 Å². The first-order valence-corrected chi connectivity index (χ1v) is 11.8. The molecule has 1 N–H and O–H groups in total. The van der Waals surface area contributed by atoms with Crippen LogP contribution in [0.4, 0.5) is 5.69 Å². The van der Waals surface area contributed by atoms with E-state index in [4.69, 9.17) is 0 Å². The Hall–Kier alpha value is -2.96. The van der Waals surface area contributed by atoms with E-state index in [1.54, 1.807) is 13.0 Å². The van der Waals surface area contributed by atoms with E-state index in [2.05, 4.69) is 4.72 Å². The monoisotopic (exact) mass is 434 g/mol. The lowest BCUT2D eigenvalue weighted by Gasteiger charge is -2.23. The Morgan fingerprint density at radius 3 is 2.52 bits per heavy atom. The van der Waals surface area contributed by atoms with Crippen molar-refractivity contribution in [2.75, 3.05) is 4.90 Å². The highest BCUT2D eigenvalue weighted by atomic mass is 32.2. The summed E-state index contributed by atoms with van der Waals surface area (Å²) in [6.45, 7) is 5.85. The Morgan fingerprint density at radius 1 is 1.03 bits per heavy atom. The fraction of sp³-hybridized carbons (Fsp3) is 0.240. The highest BCUT2D eigenvalue weighted by Crippen LogP contribution is 2.34. The molecule has 4 rings (SSSR count). The van der Waals surface area contributed by atoms with Crippen LogP contribution in [0.3, 0.4) is 0 Å². The van der Waals surface area contributed by atoms with Gasteiger partial charge >= 0.3 is 0 Å². The zero-order chi connectivity index (χ0) is 22.2. The van der Waals surface area contributed by atoms with E-state index in [0.717, 1.165) is 28.8 Å². The van der Waals surface area contributed by atoms with Crippen LogP contribution in [0.25, 0.3) is 0 Å². The summed E-state index contributed by atoms with van der Waals surface area (Å²) in [5.41, 5.74) is 5.01. The smallest absolute Gasteiger partial charge is 0.258 e. The van der Waals surface area contributed by atoms with Crippen molar-refractivity contribution in [3.8, 4) is 0 Å².